The van der Waals surface area contributed by atoms with E-state index < -0.39 is 16.9 Å². The number of nitro benzene ring substituents is 1. The van der Waals surface area contributed by atoms with E-state index in [-0.39, 0.29) is 17.1 Å². The third kappa shape index (κ3) is 2.91. The molecule has 92 valence electrons. The summed E-state index contributed by atoms with van der Waals surface area (Å²) < 4.78 is 0. The maximum atomic E-state index is 11.6. The predicted molar refractivity (Wildman–Crippen MR) is 61.9 cm³/mol. The number of carbonyl (C=O) groups excluding carboxylic acids is 1. The van der Waals surface area contributed by atoms with Crippen LogP contribution in [0, 0.1) is 10.1 Å². The van der Waals surface area contributed by atoms with Crippen molar-refractivity contribution in [2.45, 2.75) is 13.0 Å². The molecule has 0 aromatic heterocycles. The third-order valence-electron chi connectivity index (χ3n) is 2.29. The second-order valence-corrected chi connectivity index (χ2v) is 3.43. The average Bonchev–Trinajstić information content (AvgIpc) is 2.30. The number of rotatable bonds is 4. The first-order chi connectivity index (χ1) is 7.97. The fourth-order valence-corrected chi connectivity index (χ4v) is 1.17. The summed E-state index contributed by atoms with van der Waals surface area (Å²) in [6.45, 7) is 1.60. The molecule has 1 atom stereocenters. The van der Waals surface area contributed by atoms with Gasteiger partial charge in [0, 0.05) is 6.07 Å². The maximum absolute atomic E-state index is 11.6. The molecule has 1 amide bonds. The second kappa shape index (κ2) is 5.26. The van der Waals surface area contributed by atoms with Crippen molar-refractivity contribution < 1.29 is 14.8 Å². The van der Waals surface area contributed by atoms with Crippen LogP contribution in [0.4, 0.5) is 11.4 Å². The topological polar surface area (TPSA) is 104 Å². The van der Waals surface area contributed by atoms with E-state index in [2.05, 4.69) is 10.6 Å². The van der Waals surface area contributed by atoms with Crippen molar-refractivity contribution in [1.82, 2.24) is 5.32 Å². The first kappa shape index (κ1) is 12.9. The van der Waals surface area contributed by atoms with Crippen molar-refractivity contribution in [2.75, 3.05) is 12.4 Å². The number of benzene rings is 1. The predicted octanol–water partition coefficient (Wildman–Crippen LogP) is 0.847. The summed E-state index contributed by atoms with van der Waals surface area (Å²) >= 11 is 0. The molecule has 0 spiro atoms. The Hall–Kier alpha value is -2.15. The average molecular weight is 239 g/mol. The van der Waals surface area contributed by atoms with E-state index in [1.165, 1.54) is 18.2 Å². The second-order valence-electron chi connectivity index (χ2n) is 3.43. The van der Waals surface area contributed by atoms with E-state index in [1.807, 2.05) is 0 Å². The van der Waals surface area contributed by atoms with Gasteiger partial charge in [0.25, 0.3) is 5.69 Å². The lowest BCUT2D eigenvalue weighted by atomic mass is 10.2. The van der Waals surface area contributed by atoms with Gasteiger partial charge in [-0.2, -0.15) is 0 Å². The number of nitrogens with zero attached hydrogens (tertiary/aromatic N) is 1. The van der Waals surface area contributed by atoms with Crippen LogP contribution in [0.1, 0.15) is 6.92 Å². The van der Waals surface area contributed by atoms with Gasteiger partial charge >= 0.3 is 0 Å². The Kier molecular flexibility index (Phi) is 4.00. The Morgan fingerprint density at radius 3 is 2.71 bits per heavy atom. The van der Waals surface area contributed by atoms with Gasteiger partial charge in [0.2, 0.25) is 5.91 Å². The number of likely N-dealkylation sites (N-methyl/N-ethyl adjacent to an activating group) is 1. The van der Waals surface area contributed by atoms with Gasteiger partial charge in [-0.3, -0.25) is 14.9 Å². The highest BCUT2D eigenvalue weighted by molar-refractivity contribution is 5.98. The summed E-state index contributed by atoms with van der Waals surface area (Å²) in [6, 6.07) is 3.30. The van der Waals surface area contributed by atoms with Crippen molar-refractivity contribution in [3.63, 3.8) is 0 Å². The zero-order valence-corrected chi connectivity index (χ0v) is 9.43. The summed E-state index contributed by atoms with van der Waals surface area (Å²) in [5.74, 6) is -0.798. The van der Waals surface area contributed by atoms with Crippen LogP contribution in [0.3, 0.4) is 0 Å². The first-order valence-electron chi connectivity index (χ1n) is 4.92. The standard InChI is InChI=1S/C10H13N3O4/c1-6(11-2)10(15)12-9-7(13(16)17)4-3-5-8(9)14/h3-6,11,14H,1-2H3,(H,12,15). The Morgan fingerprint density at radius 2 is 2.18 bits per heavy atom. The summed E-state index contributed by atoms with van der Waals surface area (Å²) in [4.78, 5) is 21.6. The molecule has 3 N–H and O–H groups in total. The molecule has 7 nitrogen and oxygen atoms in total. The molecular weight excluding hydrogens is 226 g/mol. The number of nitrogens with one attached hydrogen (secondary N) is 2. The highest BCUT2D eigenvalue weighted by Crippen LogP contribution is 2.32. The molecule has 0 bridgehead atoms. The van der Waals surface area contributed by atoms with Crippen molar-refractivity contribution in [2.24, 2.45) is 0 Å². The molecule has 0 heterocycles. The summed E-state index contributed by atoms with van der Waals surface area (Å²) in [7, 11) is 1.59. The highest BCUT2D eigenvalue weighted by Gasteiger charge is 2.21. The molecule has 0 fully saturated rings. The highest BCUT2D eigenvalue weighted by atomic mass is 16.6. The van der Waals surface area contributed by atoms with Crippen LogP contribution in [0.2, 0.25) is 0 Å². The van der Waals surface area contributed by atoms with Crippen LogP contribution in [0.15, 0.2) is 18.2 Å². The van der Waals surface area contributed by atoms with Crippen LogP contribution in [-0.2, 0) is 4.79 Å². The molecule has 17 heavy (non-hydrogen) atoms. The Morgan fingerprint density at radius 1 is 1.53 bits per heavy atom. The lowest BCUT2D eigenvalue weighted by Crippen LogP contribution is -2.35. The van der Waals surface area contributed by atoms with Gasteiger partial charge in [0.05, 0.1) is 11.0 Å². The minimum absolute atomic E-state index is 0.190. The van der Waals surface area contributed by atoms with E-state index >= 15 is 0 Å². The Labute approximate surface area is 97.6 Å². The zero-order valence-electron chi connectivity index (χ0n) is 9.43. The van der Waals surface area contributed by atoms with Crippen molar-refractivity contribution in [3.8, 4) is 5.75 Å². The molecule has 0 radical (unpaired) electrons. The molecule has 0 aliphatic rings. The quantitative estimate of drug-likeness (QED) is 0.410. The van der Waals surface area contributed by atoms with E-state index in [4.69, 9.17) is 0 Å². The van der Waals surface area contributed by atoms with Crippen LogP contribution in [0.5, 0.6) is 5.75 Å². The molecule has 0 aliphatic carbocycles. The molecule has 1 aromatic rings. The van der Waals surface area contributed by atoms with E-state index in [9.17, 15) is 20.0 Å². The molecule has 1 rings (SSSR count). The van der Waals surface area contributed by atoms with Crippen molar-refractivity contribution in [3.05, 3.63) is 28.3 Å². The van der Waals surface area contributed by atoms with Crippen molar-refractivity contribution >= 4 is 17.3 Å². The van der Waals surface area contributed by atoms with Gasteiger partial charge in [-0.1, -0.05) is 6.07 Å². The fraction of sp³-hybridized carbons (Fsp3) is 0.300. The summed E-state index contributed by atoms with van der Waals surface area (Å²) in [6.07, 6.45) is 0. The van der Waals surface area contributed by atoms with Crippen LogP contribution in [0.25, 0.3) is 0 Å². The number of amides is 1. The number of phenols is 1. The van der Waals surface area contributed by atoms with Crippen LogP contribution < -0.4 is 10.6 Å². The van der Waals surface area contributed by atoms with Gasteiger partial charge in [0.15, 0.2) is 5.69 Å². The van der Waals surface area contributed by atoms with Gasteiger partial charge in [-0.25, -0.2) is 0 Å². The largest absolute Gasteiger partial charge is 0.505 e. The normalized spacial score (nSPS) is 11.9. The number of hydrogen-bond acceptors (Lipinski definition) is 5. The number of phenolic OH excluding ortho intramolecular Hbond substituents is 1. The van der Waals surface area contributed by atoms with Crippen LogP contribution >= 0.6 is 0 Å². The van der Waals surface area contributed by atoms with E-state index in [0.717, 1.165) is 0 Å². The SMILES string of the molecule is CNC(C)C(=O)Nc1c(O)cccc1[N+](=O)[O-]. The molecule has 0 saturated heterocycles. The molecule has 1 unspecified atom stereocenters. The monoisotopic (exact) mass is 239 g/mol. The number of aromatic hydroxyl groups is 1. The number of anilines is 1. The lowest BCUT2D eigenvalue weighted by molar-refractivity contribution is -0.384. The molecule has 0 saturated carbocycles. The van der Waals surface area contributed by atoms with Gasteiger partial charge < -0.3 is 15.7 Å². The van der Waals surface area contributed by atoms with E-state index in [0.29, 0.717) is 0 Å². The van der Waals surface area contributed by atoms with Gasteiger partial charge in [-0.15, -0.1) is 0 Å². The number of carbonyl (C=O) groups is 1. The Bertz CT molecular complexity index is 447. The molecule has 0 aliphatic heterocycles. The fourth-order valence-electron chi connectivity index (χ4n) is 1.17. The number of hydrogen-bond donors (Lipinski definition) is 3. The van der Waals surface area contributed by atoms with Gasteiger partial charge in [-0.05, 0) is 20.0 Å². The molecule has 7 heteroatoms. The van der Waals surface area contributed by atoms with E-state index in [1.54, 1.807) is 14.0 Å². The molecule has 1 aromatic carbocycles. The third-order valence-corrected chi connectivity index (χ3v) is 2.29. The molecular formula is C10H13N3O4. The maximum Gasteiger partial charge on any atom is 0.296 e. The summed E-state index contributed by atoms with van der Waals surface area (Å²) in [5.41, 5.74) is -0.536. The van der Waals surface area contributed by atoms with Crippen molar-refractivity contribution in [1.29, 1.82) is 0 Å². The summed E-state index contributed by atoms with van der Waals surface area (Å²) in [5, 5.41) is 25.2. The number of para-hydroxylation sites is 1. The minimum Gasteiger partial charge on any atom is -0.505 e. The minimum atomic E-state index is -0.667. The van der Waals surface area contributed by atoms with Gasteiger partial charge in [0.1, 0.15) is 5.75 Å². The smallest absolute Gasteiger partial charge is 0.296 e. The Balaban J connectivity index is 3.05. The number of nitro groups is 1. The first-order valence-corrected chi connectivity index (χ1v) is 4.92. The lowest BCUT2D eigenvalue weighted by Gasteiger charge is -2.12. The van der Waals surface area contributed by atoms with Crippen LogP contribution in [-0.4, -0.2) is 29.0 Å². The zero-order chi connectivity index (χ0) is 13.0.